The van der Waals surface area contributed by atoms with Crippen LogP contribution in [0.4, 0.5) is 5.82 Å². The number of thioether (sulfide) groups is 1. The molecule has 4 aliphatic heterocycles. The molecule has 1 atom stereocenters. The molecule has 0 spiro atoms. The summed E-state index contributed by atoms with van der Waals surface area (Å²) in [5, 5.41) is 8.29. The number of hydrogen-bond acceptors (Lipinski definition) is 11. The summed E-state index contributed by atoms with van der Waals surface area (Å²) in [5.74, 6) is 2.93. The molecule has 5 aromatic rings. The van der Waals surface area contributed by atoms with E-state index < -0.39 is 6.04 Å². The summed E-state index contributed by atoms with van der Waals surface area (Å²) >= 11 is 1.86. The van der Waals surface area contributed by atoms with Gasteiger partial charge in [0.1, 0.15) is 35.4 Å². The molecule has 3 amide bonds. The van der Waals surface area contributed by atoms with Crippen molar-refractivity contribution in [2.24, 2.45) is 5.92 Å². The number of para-hydroxylation sites is 1. The van der Waals surface area contributed by atoms with Gasteiger partial charge in [-0.3, -0.25) is 19.7 Å². The van der Waals surface area contributed by atoms with Gasteiger partial charge in [-0.25, -0.2) is 14.6 Å². The highest BCUT2D eigenvalue weighted by Crippen LogP contribution is 2.36. The number of nitrogens with zero attached hydrogens (tertiary/aromatic N) is 7. The van der Waals surface area contributed by atoms with Crippen LogP contribution in [0.25, 0.3) is 22.3 Å². The van der Waals surface area contributed by atoms with Gasteiger partial charge in [0.05, 0.1) is 11.4 Å². The SMILES string of the molecule is Nc1ncnc2c1c(-c1ccc(Oc3ccccc3)cc1)nn2C1CCN(CCN2CCC(CSc3ccc4c(c3)CN(C3CCC(=O)NC3=O)C4=O)CC2)CC1. The Morgan fingerprint density at radius 3 is 2.28 bits per heavy atom. The van der Waals surface area contributed by atoms with Crippen molar-refractivity contribution in [3.63, 3.8) is 0 Å². The predicted octanol–water partition coefficient (Wildman–Crippen LogP) is 5.77. The van der Waals surface area contributed by atoms with Gasteiger partial charge in [0, 0.05) is 60.9 Å². The number of likely N-dealkylation sites (tertiary alicyclic amines) is 2. The van der Waals surface area contributed by atoms with Gasteiger partial charge >= 0.3 is 0 Å². The van der Waals surface area contributed by atoms with Crippen LogP contribution >= 0.6 is 11.8 Å². The van der Waals surface area contributed by atoms with Gasteiger partial charge < -0.3 is 25.2 Å². The van der Waals surface area contributed by atoms with Crippen molar-refractivity contribution in [1.82, 2.24) is 39.8 Å². The van der Waals surface area contributed by atoms with E-state index in [0.717, 1.165) is 102 Å². The second-order valence-electron chi connectivity index (χ2n) is 15.6. The number of imide groups is 1. The number of nitrogen functional groups attached to an aromatic ring is 1. The lowest BCUT2D eigenvalue weighted by Crippen LogP contribution is -2.52. The number of fused-ring (bicyclic) bond motifs is 2. The molecule has 13 nitrogen and oxygen atoms in total. The van der Waals surface area contributed by atoms with Gasteiger partial charge in [-0.05, 0) is 111 Å². The van der Waals surface area contributed by atoms with Crippen molar-refractivity contribution < 1.29 is 19.1 Å². The average Bonchev–Trinajstić information content (AvgIpc) is 3.79. The van der Waals surface area contributed by atoms with E-state index in [1.165, 1.54) is 19.2 Å². The van der Waals surface area contributed by atoms with Crippen LogP contribution in [0.2, 0.25) is 0 Å². The van der Waals surface area contributed by atoms with Crippen LogP contribution in [0.3, 0.4) is 0 Å². The van der Waals surface area contributed by atoms with E-state index in [0.29, 0.717) is 30.3 Å². The summed E-state index contributed by atoms with van der Waals surface area (Å²) in [7, 11) is 0. The topological polar surface area (TPSA) is 152 Å². The van der Waals surface area contributed by atoms with E-state index >= 15 is 0 Å². The first-order valence-corrected chi connectivity index (χ1v) is 21.0. The summed E-state index contributed by atoms with van der Waals surface area (Å²) in [6.45, 7) is 6.81. The molecule has 294 valence electrons. The highest BCUT2D eigenvalue weighted by atomic mass is 32.2. The Balaban J connectivity index is 0.735. The van der Waals surface area contributed by atoms with Gasteiger partial charge in [-0.1, -0.05) is 18.2 Å². The maximum atomic E-state index is 13.1. The van der Waals surface area contributed by atoms with Crippen LogP contribution in [0, 0.1) is 5.92 Å². The molecule has 0 radical (unpaired) electrons. The molecular formula is C43H47N9O4S. The third-order valence-corrected chi connectivity index (χ3v) is 13.2. The zero-order chi connectivity index (χ0) is 38.9. The van der Waals surface area contributed by atoms with Crippen molar-refractivity contribution in [2.75, 3.05) is 50.8 Å². The Morgan fingerprint density at radius 2 is 1.54 bits per heavy atom. The summed E-state index contributed by atoms with van der Waals surface area (Å²) in [5.41, 5.74) is 10.6. The second kappa shape index (κ2) is 16.3. The first-order valence-electron chi connectivity index (χ1n) is 20.0. The van der Waals surface area contributed by atoms with Crippen molar-refractivity contribution in [3.05, 3.63) is 90.3 Å². The van der Waals surface area contributed by atoms with Crippen LogP contribution in [0.1, 0.15) is 60.5 Å². The second-order valence-corrected chi connectivity index (χ2v) is 16.7. The number of nitrogens with one attached hydrogen (secondary N) is 1. The van der Waals surface area contributed by atoms with E-state index in [9.17, 15) is 14.4 Å². The molecule has 0 aliphatic carbocycles. The molecule has 3 fully saturated rings. The van der Waals surface area contributed by atoms with Crippen LogP contribution in [-0.2, 0) is 16.1 Å². The Labute approximate surface area is 335 Å². The molecule has 3 aromatic carbocycles. The monoisotopic (exact) mass is 785 g/mol. The van der Waals surface area contributed by atoms with Gasteiger partial charge in [0.15, 0.2) is 5.65 Å². The zero-order valence-corrected chi connectivity index (χ0v) is 32.7. The lowest BCUT2D eigenvalue weighted by atomic mass is 9.99. The molecule has 3 saturated heterocycles. The lowest BCUT2D eigenvalue weighted by Gasteiger charge is -2.36. The van der Waals surface area contributed by atoms with Crippen LogP contribution in [0.15, 0.2) is 84.0 Å². The number of nitrogens with two attached hydrogens (primary N) is 1. The number of carbonyl (C=O) groups is 3. The number of aromatic nitrogens is 4. The molecule has 14 heteroatoms. The number of ether oxygens (including phenoxy) is 1. The molecule has 1 unspecified atom stereocenters. The van der Waals surface area contributed by atoms with Crippen LogP contribution in [-0.4, -0.2) is 103 Å². The first-order chi connectivity index (χ1) is 27.9. The normalized spacial score (nSPS) is 20.0. The van der Waals surface area contributed by atoms with Gasteiger partial charge in [0.25, 0.3) is 5.91 Å². The van der Waals surface area contributed by atoms with Crippen LogP contribution < -0.4 is 15.8 Å². The van der Waals surface area contributed by atoms with Gasteiger partial charge in [0.2, 0.25) is 11.8 Å². The maximum Gasteiger partial charge on any atom is 0.255 e. The summed E-state index contributed by atoms with van der Waals surface area (Å²) in [4.78, 5) is 54.0. The standard InChI is InChI=1S/C43H47N9O4S/c44-40-38-39(29-6-8-33(9-7-29)56-32-4-2-1-3-5-32)48-52(41(38)46-27-45-40)31-16-20-50(21-17-31)23-22-49-18-14-28(15-19-49)26-57-34-10-11-35-30(24-34)25-51(43(35)55)36-12-13-37(53)47-42(36)54/h1-11,24,27-28,31,36H,12-23,25-26H2,(H2,44,45,46)(H,47,53,54). The lowest BCUT2D eigenvalue weighted by molar-refractivity contribution is -0.136. The van der Waals surface area contributed by atoms with Crippen molar-refractivity contribution >= 4 is 46.3 Å². The Bertz CT molecular complexity index is 2270. The fourth-order valence-corrected chi connectivity index (χ4v) is 9.81. The van der Waals surface area contributed by atoms with Crippen molar-refractivity contribution in [3.8, 4) is 22.8 Å². The maximum absolute atomic E-state index is 13.1. The number of carbonyl (C=O) groups excluding carboxylic acids is 3. The molecule has 3 N–H and O–H groups in total. The van der Waals surface area contributed by atoms with Crippen molar-refractivity contribution in [1.29, 1.82) is 0 Å². The number of hydrogen-bond donors (Lipinski definition) is 2. The Morgan fingerprint density at radius 1 is 0.825 bits per heavy atom. The largest absolute Gasteiger partial charge is 0.457 e. The average molecular weight is 786 g/mol. The fourth-order valence-electron chi connectivity index (χ4n) is 8.66. The summed E-state index contributed by atoms with van der Waals surface area (Å²) < 4.78 is 8.09. The van der Waals surface area contributed by atoms with Gasteiger partial charge in [-0.2, -0.15) is 5.10 Å². The first kappa shape index (κ1) is 37.3. The molecule has 0 saturated carbocycles. The molecule has 9 rings (SSSR count). The minimum absolute atomic E-state index is 0.123. The Hall–Kier alpha value is -5.31. The smallest absolute Gasteiger partial charge is 0.255 e. The minimum Gasteiger partial charge on any atom is -0.457 e. The number of amides is 3. The number of rotatable bonds is 11. The highest BCUT2D eigenvalue weighted by molar-refractivity contribution is 7.99. The van der Waals surface area contributed by atoms with E-state index in [-0.39, 0.29) is 30.2 Å². The molecular weight excluding hydrogens is 739 g/mol. The molecule has 4 aliphatic rings. The van der Waals surface area contributed by atoms with Gasteiger partial charge in [-0.15, -0.1) is 11.8 Å². The third kappa shape index (κ3) is 7.98. The minimum atomic E-state index is -0.583. The quantitative estimate of drug-likeness (QED) is 0.124. The van der Waals surface area contributed by atoms with Crippen molar-refractivity contribution in [2.45, 2.75) is 62.0 Å². The third-order valence-electron chi connectivity index (χ3n) is 11.9. The summed E-state index contributed by atoms with van der Waals surface area (Å²) in [6.07, 6.45) is 6.53. The zero-order valence-electron chi connectivity index (χ0n) is 31.9. The van der Waals surface area contributed by atoms with E-state index in [4.69, 9.17) is 15.6 Å². The highest BCUT2D eigenvalue weighted by Gasteiger charge is 2.39. The number of benzene rings is 3. The van der Waals surface area contributed by atoms with E-state index in [2.05, 4.69) is 35.8 Å². The molecule has 0 bridgehead atoms. The number of piperidine rings is 3. The van der Waals surface area contributed by atoms with Crippen LogP contribution in [0.5, 0.6) is 11.5 Å². The van der Waals surface area contributed by atoms with E-state index in [1.807, 2.05) is 78.5 Å². The molecule has 57 heavy (non-hydrogen) atoms. The predicted molar refractivity (Wildman–Crippen MR) is 219 cm³/mol. The molecule has 6 heterocycles. The fraction of sp³-hybridized carbons (Fsp3) is 0.395. The Kier molecular flexibility index (Phi) is 10.6. The molecule has 2 aromatic heterocycles. The van der Waals surface area contributed by atoms with E-state index in [1.54, 1.807) is 4.90 Å². The summed E-state index contributed by atoms with van der Waals surface area (Å²) in [6, 6.07) is 23.4. The number of anilines is 1.